The van der Waals surface area contributed by atoms with E-state index >= 15 is 0 Å². The van der Waals surface area contributed by atoms with Crippen LogP contribution in [0.5, 0.6) is 0 Å². The summed E-state index contributed by atoms with van der Waals surface area (Å²) in [7, 11) is 0. The summed E-state index contributed by atoms with van der Waals surface area (Å²) in [5.41, 5.74) is 10.5. The monoisotopic (exact) mass is 199 g/mol. The minimum Gasteiger partial charge on any atom is -0.397 e. The second-order valence-corrected chi connectivity index (χ2v) is 3.56. The van der Waals surface area contributed by atoms with Gasteiger partial charge in [0, 0.05) is 18.0 Å². The van der Waals surface area contributed by atoms with Crippen LogP contribution >= 0.6 is 0 Å². The number of nitrogens with two attached hydrogens (primary N) is 1. The molecule has 0 saturated carbocycles. The van der Waals surface area contributed by atoms with Crippen molar-refractivity contribution in [2.45, 2.75) is 13.8 Å². The third-order valence-corrected chi connectivity index (χ3v) is 2.42. The van der Waals surface area contributed by atoms with Gasteiger partial charge in [-0.3, -0.25) is 9.97 Å². The topological polar surface area (TPSA) is 51.8 Å². The van der Waals surface area contributed by atoms with Crippen LogP contribution in [0.4, 0.5) is 5.69 Å². The first-order valence-electron chi connectivity index (χ1n) is 4.82. The quantitative estimate of drug-likeness (QED) is 0.767. The van der Waals surface area contributed by atoms with Crippen LogP contribution in [0.15, 0.2) is 30.6 Å². The predicted molar refractivity (Wildman–Crippen MR) is 61.4 cm³/mol. The van der Waals surface area contributed by atoms with Gasteiger partial charge in [0.25, 0.3) is 0 Å². The number of nitrogen functional groups attached to an aromatic ring is 1. The minimum absolute atomic E-state index is 0.727. The Morgan fingerprint density at radius 3 is 2.60 bits per heavy atom. The van der Waals surface area contributed by atoms with E-state index in [1.54, 1.807) is 6.20 Å². The SMILES string of the molecule is Cc1cnccc1-c1ccc(N)c(C)n1. The molecule has 2 N–H and O–H groups in total. The molecule has 0 spiro atoms. The summed E-state index contributed by atoms with van der Waals surface area (Å²) < 4.78 is 0. The molecule has 3 nitrogen and oxygen atoms in total. The Morgan fingerprint density at radius 2 is 1.93 bits per heavy atom. The van der Waals surface area contributed by atoms with Gasteiger partial charge in [-0.05, 0) is 37.6 Å². The molecule has 2 aromatic heterocycles. The van der Waals surface area contributed by atoms with Crippen LogP contribution in [0.2, 0.25) is 0 Å². The van der Waals surface area contributed by atoms with E-state index in [1.165, 1.54) is 0 Å². The van der Waals surface area contributed by atoms with E-state index in [4.69, 9.17) is 5.73 Å². The smallest absolute Gasteiger partial charge is 0.0710 e. The van der Waals surface area contributed by atoms with Crippen molar-refractivity contribution in [2.24, 2.45) is 0 Å². The molecule has 0 aliphatic carbocycles. The third-order valence-electron chi connectivity index (χ3n) is 2.42. The van der Waals surface area contributed by atoms with Crippen LogP contribution in [-0.4, -0.2) is 9.97 Å². The Hall–Kier alpha value is -1.90. The summed E-state index contributed by atoms with van der Waals surface area (Å²) in [6.45, 7) is 3.94. The molecular formula is C12H13N3. The molecule has 0 amide bonds. The number of hydrogen-bond donors (Lipinski definition) is 1. The molecule has 3 heteroatoms. The average Bonchev–Trinajstić information content (AvgIpc) is 2.23. The summed E-state index contributed by atoms with van der Waals surface area (Å²) >= 11 is 0. The standard InChI is InChI=1S/C12H13N3/c1-8-7-14-6-5-10(8)12-4-3-11(13)9(2)15-12/h3-7H,13H2,1-2H3. The summed E-state index contributed by atoms with van der Waals surface area (Å²) in [6, 6.07) is 5.79. The third kappa shape index (κ3) is 1.81. The van der Waals surface area contributed by atoms with Gasteiger partial charge in [0.05, 0.1) is 17.1 Å². The van der Waals surface area contributed by atoms with Crippen LogP contribution in [0.3, 0.4) is 0 Å². The van der Waals surface area contributed by atoms with Crippen LogP contribution in [0.25, 0.3) is 11.3 Å². The fourth-order valence-electron chi connectivity index (χ4n) is 1.48. The van der Waals surface area contributed by atoms with Crippen molar-refractivity contribution in [3.63, 3.8) is 0 Å². The number of rotatable bonds is 1. The van der Waals surface area contributed by atoms with E-state index in [2.05, 4.69) is 9.97 Å². The van der Waals surface area contributed by atoms with Crippen LogP contribution in [0, 0.1) is 13.8 Å². The second-order valence-electron chi connectivity index (χ2n) is 3.56. The minimum atomic E-state index is 0.727. The van der Waals surface area contributed by atoms with E-state index in [1.807, 2.05) is 38.2 Å². The lowest BCUT2D eigenvalue weighted by Gasteiger charge is -2.06. The Bertz CT molecular complexity index is 492. The molecule has 0 saturated heterocycles. The van der Waals surface area contributed by atoms with Crippen LogP contribution in [-0.2, 0) is 0 Å². The Labute approximate surface area is 89.0 Å². The van der Waals surface area contributed by atoms with Crippen LogP contribution < -0.4 is 5.73 Å². The zero-order chi connectivity index (χ0) is 10.8. The van der Waals surface area contributed by atoms with E-state index in [-0.39, 0.29) is 0 Å². The maximum Gasteiger partial charge on any atom is 0.0710 e. The van der Waals surface area contributed by atoms with Crippen molar-refractivity contribution in [3.05, 3.63) is 41.9 Å². The maximum absolute atomic E-state index is 5.73. The molecule has 0 aliphatic rings. The number of aryl methyl sites for hydroxylation is 2. The highest BCUT2D eigenvalue weighted by molar-refractivity contribution is 5.64. The van der Waals surface area contributed by atoms with Gasteiger partial charge in [0.15, 0.2) is 0 Å². The molecule has 2 aromatic rings. The summed E-state index contributed by atoms with van der Waals surface area (Å²) in [5.74, 6) is 0. The number of hydrogen-bond acceptors (Lipinski definition) is 3. The second kappa shape index (κ2) is 3.69. The molecule has 0 aliphatic heterocycles. The lowest BCUT2D eigenvalue weighted by atomic mass is 10.1. The first-order chi connectivity index (χ1) is 7.18. The van der Waals surface area contributed by atoms with Crippen LogP contribution in [0.1, 0.15) is 11.3 Å². The van der Waals surface area contributed by atoms with Gasteiger partial charge in [-0.15, -0.1) is 0 Å². The number of nitrogens with zero attached hydrogens (tertiary/aromatic N) is 2. The van der Waals surface area contributed by atoms with Gasteiger partial charge in [-0.25, -0.2) is 0 Å². The van der Waals surface area contributed by atoms with E-state index in [9.17, 15) is 0 Å². The fraction of sp³-hybridized carbons (Fsp3) is 0.167. The summed E-state index contributed by atoms with van der Waals surface area (Å²) in [5, 5.41) is 0. The van der Waals surface area contributed by atoms with Crippen molar-refractivity contribution >= 4 is 5.69 Å². The number of aromatic nitrogens is 2. The average molecular weight is 199 g/mol. The van der Waals surface area contributed by atoms with Crippen molar-refractivity contribution in [1.82, 2.24) is 9.97 Å². The molecular weight excluding hydrogens is 186 g/mol. The highest BCUT2D eigenvalue weighted by Gasteiger charge is 2.04. The van der Waals surface area contributed by atoms with Crippen molar-refractivity contribution < 1.29 is 0 Å². The van der Waals surface area contributed by atoms with Crippen molar-refractivity contribution in [2.75, 3.05) is 5.73 Å². The summed E-state index contributed by atoms with van der Waals surface area (Å²) in [6.07, 6.45) is 3.61. The molecule has 2 rings (SSSR count). The Kier molecular flexibility index (Phi) is 2.37. The van der Waals surface area contributed by atoms with E-state index in [0.717, 1.165) is 28.2 Å². The number of anilines is 1. The van der Waals surface area contributed by atoms with Gasteiger partial charge in [-0.2, -0.15) is 0 Å². The Morgan fingerprint density at radius 1 is 1.13 bits per heavy atom. The largest absolute Gasteiger partial charge is 0.397 e. The lowest BCUT2D eigenvalue weighted by Crippen LogP contribution is -1.95. The van der Waals surface area contributed by atoms with Gasteiger partial charge in [-0.1, -0.05) is 0 Å². The van der Waals surface area contributed by atoms with Gasteiger partial charge in [0.2, 0.25) is 0 Å². The molecule has 0 fully saturated rings. The van der Waals surface area contributed by atoms with Gasteiger partial charge < -0.3 is 5.73 Å². The van der Waals surface area contributed by atoms with Crippen molar-refractivity contribution in [1.29, 1.82) is 0 Å². The molecule has 0 atom stereocenters. The molecule has 15 heavy (non-hydrogen) atoms. The maximum atomic E-state index is 5.73. The first kappa shape index (κ1) is 9.65. The molecule has 0 unspecified atom stereocenters. The molecule has 0 radical (unpaired) electrons. The zero-order valence-electron chi connectivity index (χ0n) is 8.86. The Balaban J connectivity index is 2.55. The predicted octanol–water partition coefficient (Wildman–Crippen LogP) is 2.34. The first-order valence-corrected chi connectivity index (χ1v) is 4.82. The van der Waals surface area contributed by atoms with Gasteiger partial charge >= 0.3 is 0 Å². The zero-order valence-corrected chi connectivity index (χ0v) is 8.86. The van der Waals surface area contributed by atoms with Crippen molar-refractivity contribution in [3.8, 4) is 11.3 Å². The van der Waals surface area contributed by atoms with E-state index < -0.39 is 0 Å². The molecule has 0 bridgehead atoms. The molecule has 2 heterocycles. The lowest BCUT2D eigenvalue weighted by molar-refractivity contribution is 1.19. The summed E-state index contributed by atoms with van der Waals surface area (Å²) in [4.78, 5) is 8.51. The van der Waals surface area contributed by atoms with E-state index in [0.29, 0.717) is 0 Å². The van der Waals surface area contributed by atoms with Gasteiger partial charge in [0.1, 0.15) is 0 Å². The molecule has 76 valence electrons. The highest BCUT2D eigenvalue weighted by Crippen LogP contribution is 2.22. The normalized spacial score (nSPS) is 10.3. The highest BCUT2D eigenvalue weighted by atomic mass is 14.8. The fourth-order valence-corrected chi connectivity index (χ4v) is 1.48. The molecule has 0 aromatic carbocycles. The number of pyridine rings is 2.